The van der Waals surface area contributed by atoms with E-state index in [0.29, 0.717) is 0 Å². The molecule has 1 aromatic rings. The van der Waals surface area contributed by atoms with Gasteiger partial charge in [0.25, 0.3) is 0 Å². The van der Waals surface area contributed by atoms with E-state index in [1.165, 1.54) is 0 Å². The minimum absolute atomic E-state index is 0.0443. The van der Waals surface area contributed by atoms with Crippen molar-refractivity contribution in [2.75, 3.05) is 5.32 Å². The number of anilines is 1. The third kappa shape index (κ3) is 2.91. The van der Waals surface area contributed by atoms with Gasteiger partial charge in [-0.25, -0.2) is 4.79 Å². The van der Waals surface area contributed by atoms with E-state index in [0.717, 1.165) is 0 Å². The maximum absolute atomic E-state index is 10.5. The summed E-state index contributed by atoms with van der Waals surface area (Å²) in [7, 11) is 0. The predicted octanol–water partition coefficient (Wildman–Crippen LogP) is 0.606. The monoisotopic (exact) mass is 213 g/mol. The van der Waals surface area contributed by atoms with E-state index in [9.17, 15) is 4.79 Å². The van der Waals surface area contributed by atoms with Gasteiger partial charge in [0.15, 0.2) is 0 Å². The fraction of sp³-hybridized carbons (Fsp3) is 0.625. The van der Waals surface area contributed by atoms with Gasteiger partial charge in [0.05, 0.1) is 6.04 Å². The molecule has 0 bridgehead atoms. The van der Waals surface area contributed by atoms with Crippen molar-refractivity contribution in [3.05, 3.63) is 5.89 Å². The van der Waals surface area contributed by atoms with E-state index in [2.05, 4.69) is 15.5 Å². The molecule has 0 aliphatic heterocycles. The highest BCUT2D eigenvalue weighted by Gasteiger charge is 2.27. The fourth-order valence-electron chi connectivity index (χ4n) is 0.887. The minimum atomic E-state index is -0.755. The zero-order chi connectivity index (χ0) is 11.6. The summed E-state index contributed by atoms with van der Waals surface area (Å²) in [5.74, 6) is 0.270. The largest absolute Gasteiger partial charge is 0.406 e. The summed E-state index contributed by atoms with van der Waals surface area (Å²) in [5, 5.41) is 9.48. The zero-order valence-electron chi connectivity index (χ0n) is 8.94. The number of hydrogen-bond acceptors (Lipinski definition) is 5. The Kier molecular flexibility index (Phi) is 2.94. The maximum Gasteiger partial charge on any atom is 0.323 e. The van der Waals surface area contributed by atoms with Gasteiger partial charge in [0.1, 0.15) is 0 Å². The number of carbonyl (C=O) groups excluding carboxylic acids is 1. The van der Waals surface area contributed by atoms with Crippen LogP contribution in [-0.2, 0) is 0 Å². The van der Waals surface area contributed by atoms with Crippen LogP contribution in [0.15, 0.2) is 4.42 Å². The molecule has 0 aliphatic rings. The summed E-state index contributed by atoms with van der Waals surface area (Å²) in [6, 6.07) is -1.19. The second-order valence-corrected chi connectivity index (χ2v) is 4.28. The zero-order valence-corrected chi connectivity index (χ0v) is 8.94. The molecule has 84 valence electrons. The number of amides is 2. The van der Waals surface area contributed by atoms with Crippen molar-refractivity contribution >= 4 is 12.0 Å². The van der Waals surface area contributed by atoms with Gasteiger partial charge in [-0.3, -0.25) is 5.32 Å². The van der Waals surface area contributed by atoms with Crippen molar-refractivity contribution in [1.82, 2.24) is 10.2 Å². The normalized spacial score (nSPS) is 13.6. The predicted molar refractivity (Wildman–Crippen MR) is 53.9 cm³/mol. The Balaban J connectivity index is 2.80. The van der Waals surface area contributed by atoms with Crippen LogP contribution in [0.25, 0.3) is 0 Å². The first-order chi connectivity index (χ1) is 6.80. The summed E-state index contributed by atoms with van der Waals surface area (Å²) in [6.07, 6.45) is 0. The van der Waals surface area contributed by atoms with Gasteiger partial charge in [0.2, 0.25) is 5.89 Å². The van der Waals surface area contributed by atoms with Gasteiger partial charge >= 0.3 is 12.0 Å². The summed E-state index contributed by atoms with van der Waals surface area (Å²) in [4.78, 5) is 10.5. The molecule has 0 aliphatic carbocycles. The third-order valence-corrected chi connectivity index (χ3v) is 1.87. The van der Waals surface area contributed by atoms with E-state index in [4.69, 9.17) is 15.9 Å². The van der Waals surface area contributed by atoms with Gasteiger partial charge in [-0.15, -0.1) is 5.10 Å². The molecule has 0 fully saturated rings. The van der Waals surface area contributed by atoms with Crippen molar-refractivity contribution in [2.45, 2.75) is 26.8 Å². The standard InChI is InChI=1S/C8H15N5O2/c1-8(2,3)4(9)5-12-13-7(15-5)11-6(10)14/h4H,9H2,1-3H3,(H3,10,11,13,14). The third-order valence-electron chi connectivity index (χ3n) is 1.87. The summed E-state index contributed by atoms with van der Waals surface area (Å²) >= 11 is 0. The van der Waals surface area contributed by atoms with Gasteiger partial charge in [-0.2, -0.15) is 0 Å². The highest BCUT2D eigenvalue weighted by molar-refractivity contribution is 5.85. The lowest BCUT2D eigenvalue weighted by molar-refractivity contribution is 0.258. The summed E-state index contributed by atoms with van der Waals surface area (Å²) in [5.41, 5.74) is 10.6. The van der Waals surface area contributed by atoms with Gasteiger partial charge in [-0.05, 0) is 5.41 Å². The molecule has 1 rings (SSSR count). The number of aromatic nitrogens is 2. The number of nitrogens with zero attached hydrogens (tertiary/aromatic N) is 2. The van der Waals surface area contributed by atoms with Crippen molar-refractivity contribution in [1.29, 1.82) is 0 Å². The number of carbonyl (C=O) groups is 1. The molecule has 1 atom stereocenters. The SMILES string of the molecule is CC(C)(C)C(N)c1nnc(NC(N)=O)o1. The molecule has 7 nitrogen and oxygen atoms in total. The number of nitrogens with one attached hydrogen (secondary N) is 1. The highest BCUT2D eigenvalue weighted by Crippen LogP contribution is 2.29. The first-order valence-electron chi connectivity index (χ1n) is 4.46. The fourth-order valence-corrected chi connectivity index (χ4v) is 0.887. The van der Waals surface area contributed by atoms with E-state index < -0.39 is 12.1 Å². The molecule has 1 aromatic heterocycles. The van der Waals surface area contributed by atoms with Crippen LogP contribution in [-0.4, -0.2) is 16.2 Å². The Morgan fingerprint density at radius 2 is 2.07 bits per heavy atom. The van der Waals surface area contributed by atoms with Crippen LogP contribution < -0.4 is 16.8 Å². The average molecular weight is 213 g/mol. The molecule has 2 amide bonds. The molecule has 1 unspecified atom stereocenters. The molecule has 0 aromatic carbocycles. The minimum Gasteiger partial charge on any atom is -0.406 e. The Morgan fingerprint density at radius 1 is 1.47 bits per heavy atom. The van der Waals surface area contributed by atoms with Crippen molar-refractivity contribution < 1.29 is 9.21 Å². The second kappa shape index (κ2) is 3.85. The second-order valence-electron chi connectivity index (χ2n) is 4.28. The number of primary amides is 1. The van der Waals surface area contributed by atoms with Crippen molar-refractivity contribution in [2.24, 2.45) is 16.9 Å². The number of urea groups is 1. The molecule has 0 saturated heterocycles. The van der Waals surface area contributed by atoms with Crippen LogP contribution in [0, 0.1) is 5.41 Å². The molecule has 0 radical (unpaired) electrons. The maximum atomic E-state index is 10.5. The van der Waals surface area contributed by atoms with Crippen molar-refractivity contribution in [3.63, 3.8) is 0 Å². The molecule has 1 heterocycles. The highest BCUT2D eigenvalue weighted by atomic mass is 16.4. The molecule has 0 saturated carbocycles. The Bertz CT molecular complexity index is 354. The lowest BCUT2D eigenvalue weighted by Crippen LogP contribution is -2.26. The molecular formula is C8H15N5O2. The van der Waals surface area contributed by atoms with Crippen LogP contribution in [0.2, 0.25) is 0 Å². The number of nitrogens with two attached hydrogens (primary N) is 2. The molecule has 15 heavy (non-hydrogen) atoms. The van der Waals surface area contributed by atoms with Crippen LogP contribution >= 0.6 is 0 Å². The Labute approximate surface area is 87.2 Å². The van der Waals surface area contributed by atoms with Gasteiger partial charge in [-0.1, -0.05) is 25.9 Å². The number of rotatable bonds is 2. The average Bonchev–Trinajstić information content (AvgIpc) is 2.48. The Hall–Kier alpha value is -1.63. The molecule has 7 heteroatoms. The lowest BCUT2D eigenvalue weighted by Gasteiger charge is -2.23. The van der Waals surface area contributed by atoms with E-state index >= 15 is 0 Å². The van der Waals surface area contributed by atoms with Crippen LogP contribution in [0.4, 0.5) is 10.8 Å². The molecule has 0 spiro atoms. The molecule has 5 N–H and O–H groups in total. The number of hydrogen-bond donors (Lipinski definition) is 3. The smallest absolute Gasteiger partial charge is 0.323 e. The topological polar surface area (TPSA) is 120 Å². The van der Waals surface area contributed by atoms with E-state index in [-0.39, 0.29) is 17.3 Å². The van der Waals surface area contributed by atoms with E-state index in [1.807, 2.05) is 20.8 Å². The first kappa shape index (κ1) is 11.4. The lowest BCUT2D eigenvalue weighted by atomic mass is 9.87. The first-order valence-corrected chi connectivity index (χ1v) is 4.46. The van der Waals surface area contributed by atoms with Crippen LogP contribution in [0.5, 0.6) is 0 Å². The van der Waals surface area contributed by atoms with Crippen molar-refractivity contribution in [3.8, 4) is 0 Å². The van der Waals surface area contributed by atoms with E-state index in [1.54, 1.807) is 0 Å². The summed E-state index contributed by atoms with van der Waals surface area (Å²) < 4.78 is 5.12. The van der Waals surface area contributed by atoms with Crippen LogP contribution in [0.1, 0.15) is 32.7 Å². The van der Waals surface area contributed by atoms with Gasteiger partial charge in [0, 0.05) is 0 Å². The molecular weight excluding hydrogens is 198 g/mol. The quantitative estimate of drug-likeness (QED) is 0.664. The van der Waals surface area contributed by atoms with Crippen LogP contribution in [0.3, 0.4) is 0 Å². The Morgan fingerprint density at radius 3 is 2.53 bits per heavy atom. The summed E-state index contributed by atoms with van der Waals surface area (Å²) in [6.45, 7) is 5.84. The van der Waals surface area contributed by atoms with Gasteiger partial charge < -0.3 is 15.9 Å².